The van der Waals surface area contributed by atoms with Gasteiger partial charge >= 0.3 is 0 Å². The highest BCUT2D eigenvalue weighted by Gasteiger charge is 2.19. The number of piperidine rings is 1. The Morgan fingerprint density at radius 2 is 1.82 bits per heavy atom. The van der Waals surface area contributed by atoms with Gasteiger partial charge in [-0.15, -0.1) is 0 Å². The Morgan fingerprint density at radius 1 is 1.12 bits per heavy atom. The first-order chi connectivity index (χ1) is 16.4. The Labute approximate surface area is 210 Å². The van der Waals surface area contributed by atoms with Gasteiger partial charge in [-0.1, -0.05) is 41.4 Å². The molecule has 34 heavy (non-hydrogen) atoms. The van der Waals surface area contributed by atoms with E-state index < -0.39 is 0 Å². The van der Waals surface area contributed by atoms with Crippen LogP contribution >= 0.6 is 23.2 Å². The molecular weight excluding hydrogens is 471 g/mol. The number of anilines is 1. The molecule has 2 heterocycles. The van der Waals surface area contributed by atoms with Crippen molar-refractivity contribution < 1.29 is 9.53 Å². The molecule has 1 amide bonds. The zero-order chi connectivity index (χ0) is 24.1. The number of halogens is 2. The van der Waals surface area contributed by atoms with E-state index in [0.29, 0.717) is 40.2 Å². The maximum atomic E-state index is 12.8. The van der Waals surface area contributed by atoms with E-state index in [-0.39, 0.29) is 11.9 Å². The summed E-state index contributed by atoms with van der Waals surface area (Å²) in [6, 6.07) is 14.9. The summed E-state index contributed by atoms with van der Waals surface area (Å²) in [5.41, 5.74) is 9.17. The van der Waals surface area contributed by atoms with Crippen LogP contribution in [0.2, 0.25) is 10.0 Å². The quantitative estimate of drug-likeness (QED) is 0.474. The SMILES string of the molecule is CN1CCC(NC(=O)c2cccc(-c3cnc(N)c(OCCc4c(Cl)cccc4Cl)c3)c2)CC1. The van der Waals surface area contributed by atoms with E-state index in [2.05, 4.69) is 22.2 Å². The van der Waals surface area contributed by atoms with E-state index in [1.807, 2.05) is 36.4 Å². The van der Waals surface area contributed by atoms with Crippen molar-refractivity contribution in [2.75, 3.05) is 32.5 Å². The van der Waals surface area contributed by atoms with E-state index in [4.69, 9.17) is 33.7 Å². The number of hydrogen-bond donors (Lipinski definition) is 2. The predicted molar refractivity (Wildman–Crippen MR) is 138 cm³/mol. The summed E-state index contributed by atoms with van der Waals surface area (Å²) >= 11 is 12.5. The molecule has 0 atom stereocenters. The first-order valence-electron chi connectivity index (χ1n) is 11.3. The molecule has 1 aromatic heterocycles. The normalized spacial score (nSPS) is 14.7. The maximum absolute atomic E-state index is 12.8. The smallest absolute Gasteiger partial charge is 0.251 e. The van der Waals surface area contributed by atoms with Gasteiger partial charge in [0, 0.05) is 39.8 Å². The van der Waals surface area contributed by atoms with Crippen LogP contribution in [-0.2, 0) is 6.42 Å². The van der Waals surface area contributed by atoms with Gasteiger partial charge in [0.05, 0.1) is 6.61 Å². The molecule has 1 fully saturated rings. The summed E-state index contributed by atoms with van der Waals surface area (Å²) in [6.07, 6.45) is 4.14. The molecule has 6 nitrogen and oxygen atoms in total. The van der Waals surface area contributed by atoms with Crippen molar-refractivity contribution in [2.24, 2.45) is 0 Å². The molecular formula is C26H28Cl2N4O2. The summed E-state index contributed by atoms with van der Waals surface area (Å²) in [6.45, 7) is 2.33. The van der Waals surface area contributed by atoms with Gasteiger partial charge in [0.1, 0.15) is 0 Å². The minimum Gasteiger partial charge on any atom is -0.489 e. The van der Waals surface area contributed by atoms with E-state index in [1.54, 1.807) is 18.3 Å². The monoisotopic (exact) mass is 498 g/mol. The topological polar surface area (TPSA) is 80.5 Å². The van der Waals surface area contributed by atoms with Crippen LogP contribution in [0.3, 0.4) is 0 Å². The second-order valence-corrected chi connectivity index (χ2v) is 9.35. The van der Waals surface area contributed by atoms with Gasteiger partial charge < -0.3 is 20.7 Å². The van der Waals surface area contributed by atoms with Gasteiger partial charge in [0.25, 0.3) is 5.91 Å². The Morgan fingerprint density at radius 3 is 2.56 bits per heavy atom. The Bertz CT molecular complexity index is 1140. The molecule has 3 N–H and O–H groups in total. The highest BCUT2D eigenvalue weighted by Crippen LogP contribution is 2.29. The lowest BCUT2D eigenvalue weighted by molar-refractivity contribution is 0.0917. The molecule has 1 saturated heterocycles. The molecule has 3 aromatic rings. The number of pyridine rings is 1. The van der Waals surface area contributed by atoms with Gasteiger partial charge in [-0.05, 0) is 74.4 Å². The summed E-state index contributed by atoms with van der Waals surface area (Å²) in [4.78, 5) is 19.4. The van der Waals surface area contributed by atoms with Crippen LogP contribution in [0.25, 0.3) is 11.1 Å². The Balaban J connectivity index is 1.44. The molecule has 8 heteroatoms. The number of amides is 1. The molecule has 0 bridgehead atoms. The highest BCUT2D eigenvalue weighted by atomic mass is 35.5. The van der Waals surface area contributed by atoms with Gasteiger partial charge in [0.2, 0.25) is 0 Å². The van der Waals surface area contributed by atoms with Crippen LogP contribution in [0.1, 0.15) is 28.8 Å². The number of carbonyl (C=O) groups excluding carboxylic acids is 1. The van der Waals surface area contributed by atoms with Crippen molar-refractivity contribution in [2.45, 2.75) is 25.3 Å². The Kier molecular flexibility index (Phi) is 7.93. The van der Waals surface area contributed by atoms with Crippen molar-refractivity contribution in [1.29, 1.82) is 0 Å². The van der Waals surface area contributed by atoms with Gasteiger partial charge in [-0.3, -0.25) is 4.79 Å². The predicted octanol–water partition coefficient (Wildman–Crippen LogP) is 5.08. The fourth-order valence-electron chi connectivity index (χ4n) is 4.02. The summed E-state index contributed by atoms with van der Waals surface area (Å²) in [5.74, 6) is 0.708. The zero-order valence-electron chi connectivity index (χ0n) is 19.1. The lowest BCUT2D eigenvalue weighted by Gasteiger charge is -2.29. The standard InChI is InChI=1S/C26H28Cl2N4O2/c1-32-11-8-20(9-12-32)31-26(33)18-5-2-4-17(14-18)19-15-24(25(29)30-16-19)34-13-10-21-22(27)6-3-7-23(21)28/h2-7,14-16,20H,8-13H2,1H3,(H2,29,30)(H,31,33). The number of aromatic nitrogens is 1. The molecule has 0 unspecified atom stereocenters. The fraction of sp³-hybridized carbons (Fsp3) is 0.308. The lowest BCUT2D eigenvalue weighted by Crippen LogP contribution is -2.43. The van der Waals surface area contributed by atoms with E-state index in [1.165, 1.54) is 0 Å². The van der Waals surface area contributed by atoms with Crippen molar-refractivity contribution in [3.63, 3.8) is 0 Å². The molecule has 178 valence electrons. The largest absolute Gasteiger partial charge is 0.489 e. The van der Waals surface area contributed by atoms with E-state index in [0.717, 1.165) is 42.6 Å². The van der Waals surface area contributed by atoms with E-state index >= 15 is 0 Å². The number of carbonyl (C=O) groups is 1. The average Bonchev–Trinajstić information content (AvgIpc) is 2.83. The zero-order valence-corrected chi connectivity index (χ0v) is 20.6. The van der Waals surface area contributed by atoms with Crippen molar-refractivity contribution >= 4 is 34.9 Å². The van der Waals surface area contributed by atoms with E-state index in [9.17, 15) is 4.79 Å². The van der Waals surface area contributed by atoms with Gasteiger partial charge in [-0.2, -0.15) is 0 Å². The minimum atomic E-state index is -0.0621. The first kappa shape index (κ1) is 24.3. The molecule has 2 aromatic carbocycles. The number of hydrogen-bond acceptors (Lipinski definition) is 5. The van der Waals surface area contributed by atoms with Crippen LogP contribution in [-0.4, -0.2) is 48.6 Å². The van der Waals surface area contributed by atoms with Crippen LogP contribution in [0.15, 0.2) is 54.7 Å². The van der Waals surface area contributed by atoms with Crippen LogP contribution in [0.5, 0.6) is 5.75 Å². The second-order valence-electron chi connectivity index (χ2n) is 8.54. The average molecular weight is 499 g/mol. The maximum Gasteiger partial charge on any atom is 0.251 e. The number of rotatable bonds is 7. The van der Waals surface area contributed by atoms with Crippen molar-refractivity contribution in [3.8, 4) is 16.9 Å². The number of ether oxygens (including phenoxy) is 1. The molecule has 0 radical (unpaired) electrons. The minimum absolute atomic E-state index is 0.0621. The molecule has 0 spiro atoms. The number of nitrogen functional groups attached to an aromatic ring is 1. The molecule has 4 rings (SSSR count). The summed E-state index contributed by atoms with van der Waals surface area (Å²) < 4.78 is 5.91. The highest BCUT2D eigenvalue weighted by molar-refractivity contribution is 6.36. The lowest BCUT2D eigenvalue weighted by atomic mass is 10.0. The molecule has 1 aliphatic heterocycles. The van der Waals surface area contributed by atoms with Gasteiger partial charge in [0.15, 0.2) is 11.6 Å². The van der Waals surface area contributed by atoms with Crippen molar-refractivity contribution in [3.05, 3.63) is 75.9 Å². The molecule has 0 aliphatic carbocycles. The van der Waals surface area contributed by atoms with Gasteiger partial charge in [-0.25, -0.2) is 4.98 Å². The second kappa shape index (κ2) is 11.1. The third-order valence-corrected chi connectivity index (χ3v) is 6.77. The third kappa shape index (κ3) is 6.00. The molecule has 0 saturated carbocycles. The number of benzene rings is 2. The van der Waals surface area contributed by atoms with Crippen LogP contribution in [0.4, 0.5) is 5.82 Å². The first-order valence-corrected chi connectivity index (χ1v) is 12.1. The number of nitrogens with one attached hydrogen (secondary N) is 1. The van der Waals surface area contributed by atoms with Crippen LogP contribution < -0.4 is 15.8 Å². The molecule has 1 aliphatic rings. The third-order valence-electron chi connectivity index (χ3n) is 6.06. The van der Waals surface area contributed by atoms with Crippen LogP contribution in [0, 0.1) is 0 Å². The number of likely N-dealkylation sites (tertiary alicyclic amines) is 1. The number of nitrogens with two attached hydrogens (primary N) is 1. The number of nitrogens with zero attached hydrogens (tertiary/aromatic N) is 2. The summed E-state index contributed by atoms with van der Waals surface area (Å²) in [7, 11) is 2.10. The summed E-state index contributed by atoms with van der Waals surface area (Å²) in [5, 5.41) is 4.37. The fourth-order valence-corrected chi connectivity index (χ4v) is 4.61. The van der Waals surface area contributed by atoms with Crippen molar-refractivity contribution in [1.82, 2.24) is 15.2 Å². The Hall–Kier alpha value is -2.80.